The summed E-state index contributed by atoms with van der Waals surface area (Å²) in [5.74, 6) is 0. The molecule has 0 nitrogen and oxygen atoms in total. The molecular formula is C68H40. The molecule has 68 heavy (non-hydrogen) atoms. The molecule has 0 unspecified atom stereocenters. The van der Waals surface area contributed by atoms with Gasteiger partial charge in [0.15, 0.2) is 0 Å². The number of hydrogen-bond acceptors (Lipinski definition) is 0. The molecule has 0 atom stereocenters. The zero-order valence-corrected chi connectivity index (χ0v) is 37.1. The highest BCUT2D eigenvalue weighted by Crippen LogP contribution is 2.61. The molecule has 0 spiro atoms. The van der Waals surface area contributed by atoms with Gasteiger partial charge in [-0.1, -0.05) is 224 Å². The second-order valence-corrected chi connectivity index (χ2v) is 18.6. The molecule has 0 aromatic heterocycles. The molecule has 0 N–H and O–H groups in total. The molecule has 0 bridgehead atoms. The average molecular weight is 857 g/mol. The van der Waals surface area contributed by atoms with Gasteiger partial charge in [0.2, 0.25) is 0 Å². The summed E-state index contributed by atoms with van der Waals surface area (Å²) in [5, 5.41) is 13.2. The van der Waals surface area contributed by atoms with Gasteiger partial charge in [-0.25, -0.2) is 0 Å². The fourth-order valence-electron chi connectivity index (χ4n) is 12.2. The molecule has 13 aromatic carbocycles. The van der Waals surface area contributed by atoms with E-state index < -0.39 is 0 Å². The summed E-state index contributed by atoms with van der Waals surface area (Å²) in [6.07, 6.45) is 4.56. The van der Waals surface area contributed by atoms with Crippen molar-refractivity contribution in [3.8, 4) is 89.0 Å². The van der Waals surface area contributed by atoms with E-state index in [2.05, 4.69) is 243 Å². The Morgan fingerprint density at radius 2 is 0.588 bits per heavy atom. The monoisotopic (exact) mass is 856 g/mol. The highest BCUT2D eigenvalue weighted by Gasteiger charge is 2.34. The van der Waals surface area contributed by atoms with Crippen LogP contribution in [0, 0.1) is 0 Å². The highest BCUT2D eigenvalue weighted by atomic mass is 14.4. The van der Waals surface area contributed by atoms with Crippen molar-refractivity contribution < 1.29 is 0 Å². The number of rotatable bonds is 6. The minimum absolute atomic E-state index is 1.20. The Hall–Kier alpha value is -8.84. The van der Waals surface area contributed by atoms with Crippen LogP contribution in [0.15, 0.2) is 231 Å². The van der Waals surface area contributed by atoms with Crippen LogP contribution in [0.2, 0.25) is 0 Å². The van der Waals surface area contributed by atoms with Gasteiger partial charge < -0.3 is 0 Å². The van der Waals surface area contributed by atoms with Gasteiger partial charge in [0, 0.05) is 0 Å². The van der Waals surface area contributed by atoms with E-state index >= 15 is 0 Å². The molecule has 0 heteroatoms. The van der Waals surface area contributed by atoms with Crippen LogP contribution in [0.25, 0.3) is 155 Å². The van der Waals surface area contributed by atoms with Crippen molar-refractivity contribution in [2.45, 2.75) is 0 Å². The molecular weight excluding hydrogens is 817 g/mol. The van der Waals surface area contributed by atoms with Crippen molar-refractivity contribution in [2.24, 2.45) is 0 Å². The van der Waals surface area contributed by atoms with Gasteiger partial charge in [0.1, 0.15) is 0 Å². The van der Waals surface area contributed by atoms with Crippen LogP contribution < -0.4 is 0 Å². The van der Waals surface area contributed by atoms with Crippen molar-refractivity contribution >= 4 is 66.0 Å². The largest absolute Gasteiger partial charge is 0.0622 e. The van der Waals surface area contributed by atoms with E-state index in [0.29, 0.717) is 0 Å². The zero-order valence-electron chi connectivity index (χ0n) is 37.1. The number of benzene rings is 13. The SMILES string of the molecule is C1=Cc2ccc3c4ccc5c6c(ccc(c7ccc1c2c73)c64)-c1c-5c(-c2ccccc2-c2ccccc2)c2cc(-c3ccccc3)c(-c3ccccc3)cc2c1-c1cccc(-c2ccccc2)c1. The van der Waals surface area contributed by atoms with E-state index in [4.69, 9.17) is 0 Å². The molecule has 0 radical (unpaired) electrons. The lowest BCUT2D eigenvalue weighted by Gasteiger charge is -2.24. The summed E-state index contributed by atoms with van der Waals surface area (Å²) in [6, 6.07) is 86.4. The van der Waals surface area contributed by atoms with Crippen molar-refractivity contribution in [2.75, 3.05) is 0 Å². The van der Waals surface area contributed by atoms with Gasteiger partial charge in [-0.2, -0.15) is 0 Å². The molecule has 0 saturated carbocycles. The lowest BCUT2D eigenvalue weighted by atomic mass is 9.78. The van der Waals surface area contributed by atoms with Gasteiger partial charge >= 0.3 is 0 Å². The summed E-state index contributed by atoms with van der Waals surface area (Å²) in [6.45, 7) is 0. The molecule has 0 aliphatic heterocycles. The Morgan fingerprint density at radius 1 is 0.176 bits per heavy atom. The van der Waals surface area contributed by atoms with Crippen LogP contribution >= 0.6 is 0 Å². The molecule has 0 heterocycles. The topological polar surface area (TPSA) is 0 Å². The quantitative estimate of drug-likeness (QED) is 0.115. The summed E-state index contributed by atoms with van der Waals surface area (Å²) in [4.78, 5) is 0. The van der Waals surface area contributed by atoms with Crippen LogP contribution in [0.3, 0.4) is 0 Å². The third kappa shape index (κ3) is 5.26. The van der Waals surface area contributed by atoms with Gasteiger partial charge in [0.25, 0.3) is 0 Å². The first-order valence-electron chi connectivity index (χ1n) is 23.7. The zero-order chi connectivity index (χ0) is 44.5. The van der Waals surface area contributed by atoms with Crippen LogP contribution in [0.1, 0.15) is 11.1 Å². The predicted molar refractivity (Wildman–Crippen MR) is 291 cm³/mol. The smallest absolute Gasteiger partial charge is 0.000718 e. The second-order valence-electron chi connectivity index (χ2n) is 18.6. The molecule has 2 aliphatic rings. The van der Waals surface area contributed by atoms with Gasteiger partial charge in [-0.05, 0) is 172 Å². The normalized spacial score (nSPS) is 12.4. The van der Waals surface area contributed by atoms with Crippen LogP contribution in [-0.2, 0) is 0 Å². The summed E-state index contributed by atoms with van der Waals surface area (Å²) >= 11 is 0. The Kier molecular flexibility index (Phi) is 7.88. The minimum atomic E-state index is 1.20. The van der Waals surface area contributed by atoms with Crippen molar-refractivity contribution in [1.82, 2.24) is 0 Å². The predicted octanol–water partition coefficient (Wildman–Crippen LogP) is 19.0. The first-order chi connectivity index (χ1) is 33.8. The Labute approximate surface area is 394 Å². The van der Waals surface area contributed by atoms with Gasteiger partial charge in [-0.15, -0.1) is 0 Å². The second kappa shape index (κ2) is 14.3. The Balaban J connectivity index is 1.16. The van der Waals surface area contributed by atoms with Crippen molar-refractivity contribution in [3.05, 3.63) is 242 Å². The summed E-state index contributed by atoms with van der Waals surface area (Å²) in [5.41, 5.74) is 22.5. The van der Waals surface area contributed by atoms with E-state index in [1.54, 1.807) is 0 Å². The first kappa shape index (κ1) is 37.4. The highest BCUT2D eigenvalue weighted by molar-refractivity contribution is 6.40. The fraction of sp³-hybridized carbons (Fsp3) is 0. The average Bonchev–Trinajstić information content (AvgIpc) is 4.00. The molecule has 2 aliphatic carbocycles. The van der Waals surface area contributed by atoms with E-state index in [9.17, 15) is 0 Å². The molecule has 0 saturated heterocycles. The van der Waals surface area contributed by atoms with Crippen molar-refractivity contribution in [3.63, 3.8) is 0 Å². The Bertz CT molecular complexity index is 4190. The third-order valence-electron chi connectivity index (χ3n) is 15.1. The maximum atomic E-state index is 2.53. The third-order valence-corrected chi connectivity index (χ3v) is 15.1. The fourth-order valence-corrected chi connectivity index (χ4v) is 12.2. The molecule has 15 rings (SSSR count). The molecule has 312 valence electrons. The maximum Gasteiger partial charge on any atom is -0.000718 e. The molecule has 13 aromatic rings. The lowest BCUT2D eigenvalue weighted by Crippen LogP contribution is -1.97. The van der Waals surface area contributed by atoms with Crippen molar-refractivity contribution in [1.29, 1.82) is 0 Å². The van der Waals surface area contributed by atoms with Crippen LogP contribution in [0.4, 0.5) is 0 Å². The number of fused-ring (bicyclic) bond motifs is 6. The van der Waals surface area contributed by atoms with Crippen LogP contribution in [0.5, 0.6) is 0 Å². The Morgan fingerprint density at radius 3 is 1.15 bits per heavy atom. The van der Waals surface area contributed by atoms with Gasteiger partial charge in [-0.3, -0.25) is 0 Å². The first-order valence-corrected chi connectivity index (χ1v) is 23.7. The van der Waals surface area contributed by atoms with Crippen LogP contribution in [-0.4, -0.2) is 0 Å². The maximum absolute atomic E-state index is 2.53. The van der Waals surface area contributed by atoms with E-state index in [-0.39, 0.29) is 0 Å². The minimum Gasteiger partial charge on any atom is -0.0622 e. The molecule has 0 amide bonds. The standard InChI is InChI=1S/C68H40/c1-5-16-41(17-6-1)47-24-15-25-48(38-47)62-59-39-57(43-20-9-3-10-21-43)58(44-22-11-4-12-23-44)40-60(59)65(50-27-14-13-26-49(50)42-18-7-2-8-19-42)68-56-37-35-54-52-33-31-46-29-28-45-30-32-51(63(52)61(45)46)53-34-36-55(67(62)68)66(56)64(53)54/h1-40H. The van der Waals surface area contributed by atoms with E-state index in [1.165, 1.54) is 154 Å². The van der Waals surface area contributed by atoms with E-state index in [0.717, 1.165) is 0 Å². The summed E-state index contributed by atoms with van der Waals surface area (Å²) < 4.78 is 0. The number of hydrogen-bond donors (Lipinski definition) is 0. The molecule has 0 fully saturated rings. The summed E-state index contributed by atoms with van der Waals surface area (Å²) in [7, 11) is 0. The van der Waals surface area contributed by atoms with E-state index in [1.807, 2.05) is 0 Å². The van der Waals surface area contributed by atoms with Gasteiger partial charge in [0.05, 0.1) is 0 Å². The lowest BCUT2D eigenvalue weighted by molar-refractivity contribution is 1.57.